The van der Waals surface area contributed by atoms with Gasteiger partial charge in [-0.1, -0.05) is 6.07 Å². The molecular weight excluding hydrogens is 801 g/mol. The van der Waals surface area contributed by atoms with Crippen LogP contribution in [0.3, 0.4) is 0 Å². The highest BCUT2D eigenvalue weighted by atomic mass is 16.5. The van der Waals surface area contributed by atoms with Crippen molar-refractivity contribution in [1.29, 1.82) is 0 Å². The molecule has 0 bridgehead atoms. The van der Waals surface area contributed by atoms with Crippen LogP contribution in [0.15, 0.2) is 49.1 Å². The smallest absolute Gasteiger partial charge is 0.270 e. The van der Waals surface area contributed by atoms with Crippen LogP contribution in [0.2, 0.25) is 0 Å². The first-order valence-electron chi connectivity index (χ1n) is 21.0. The Morgan fingerprint density at radius 3 is 2.47 bits per heavy atom. The van der Waals surface area contributed by atoms with E-state index < -0.39 is 29.7 Å². The minimum atomic E-state index is -1.04. The number of carbonyl (C=O) groups is 6. The Kier molecular flexibility index (Phi) is 13.1. The van der Waals surface area contributed by atoms with E-state index in [4.69, 9.17) is 9.47 Å². The zero-order valence-corrected chi connectivity index (χ0v) is 34.4. The summed E-state index contributed by atoms with van der Waals surface area (Å²) in [4.78, 5) is 96.1. The molecule has 1 unspecified atom stereocenters. The molecule has 6 amide bonds. The van der Waals surface area contributed by atoms with Crippen molar-refractivity contribution >= 4 is 58.1 Å². The molecule has 4 aliphatic rings. The number of benzene rings is 1. The van der Waals surface area contributed by atoms with Gasteiger partial charge < -0.3 is 40.2 Å². The number of imide groups is 2. The molecule has 1 aliphatic carbocycles. The van der Waals surface area contributed by atoms with Crippen molar-refractivity contribution < 1.29 is 38.2 Å². The second-order valence-electron chi connectivity index (χ2n) is 15.9. The van der Waals surface area contributed by atoms with Gasteiger partial charge >= 0.3 is 0 Å². The third-order valence-electron chi connectivity index (χ3n) is 11.6. The van der Waals surface area contributed by atoms with E-state index in [0.717, 1.165) is 72.9 Å². The van der Waals surface area contributed by atoms with Crippen LogP contribution >= 0.6 is 0 Å². The molecule has 1 atom stereocenters. The van der Waals surface area contributed by atoms with E-state index in [-0.39, 0.29) is 60.5 Å². The van der Waals surface area contributed by atoms with Crippen LogP contribution in [0, 0.1) is 6.92 Å². The summed E-state index contributed by atoms with van der Waals surface area (Å²) in [5.41, 5.74) is 3.53. The predicted molar refractivity (Wildman–Crippen MR) is 223 cm³/mol. The Morgan fingerprint density at radius 2 is 1.68 bits per heavy atom. The van der Waals surface area contributed by atoms with Gasteiger partial charge in [0, 0.05) is 62.1 Å². The fourth-order valence-electron chi connectivity index (χ4n) is 8.18. The minimum Gasteiger partial charge on any atom is -0.378 e. The molecule has 6 heterocycles. The number of anilines is 2. The van der Waals surface area contributed by atoms with Crippen molar-refractivity contribution in [2.24, 2.45) is 0 Å². The Bertz CT molecular complexity index is 2340. The van der Waals surface area contributed by atoms with E-state index in [1.165, 1.54) is 12.1 Å². The minimum absolute atomic E-state index is 0.0413. The molecule has 62 heavy (non-hydrogen) atoms. The van der Waals surface area contributed by atoms with Crippen molar-refractivity contribution in [1.82, 2.24) is 50.3 Å². The second kappa shape index (κ2) is 19.1. The zero-order valence-electron chi connectivity index (χ0n) is 34.4. The van der Waals surface area contributed by atoms with E-state index in [1.54, 1.807) is 18.5 Å². The summed E-state index contributed by atoms with van der Waals surface area (Å²) in [5, 5.41) is 14.6. The van der Waals surface area contributed by atoms with Gasteiger partial charge in [0.15, 0.2) is 11.5 Å². The van der Waals surface area contributed by atoms with Gasteiger partial charge in [0.2, 0.25) is 17.7 Å². The molecule has 0 spiro atoms. The highest BCUT2D eigenvalue weighted by Crippen LogP contribution is 2.35. The van der Waals surface area contributed by atoms with Crippen LogP contribution in [0.5, 0.6) is 0 Å². The normalized spacial score (nSPS) is 20.5. The third kappa shape index (κ3) is 9.72. The van der Waals surface area contributed by atoms with Gasteiger partial charge in [-0.15, -0.1) is 0 Å². The Hall–Kier alpha value is -6.38. The molecule has 20 nitrogen and oxygen atoms in total. The quantitative estimate of drug-likeness (QED) is 0.0698. The van der Waals surface area contributed by atoms with Crippen molar-refractivity contribution in [3.05, 3.63) is 71.6 Å². The number of aryl methyl sites for hydroxylation is 1. The summed E-state index contributed by atoms with van der Waals surface area (Å²) in [6.07, 6.45) is 7.00. The Balaban J connectivity index is 0.661. The molecule has 20 heteroatoms. The number of pyridine rings is 1. The molecule has 0 radical (unpaired) electrons. The fraction of sp³-hybridized carbons (Fsp3) is 0.476. The van der Waals surface area contributed by atoms with Crippen LogP contribution in [0.1, 0.15) is 81.5 Å². The number of imidazole rings is 1. The van der Waals surface area contributed by atoms with E-state index in [9.17, 15) is 28.8 Å². The highest BCUT2D eigenvalue weighted by Gasteiger charge is 2.44. The van der Waals surface area contributed by atoms with Gasteiger partial charge in [-0.2, -0.15) is 0 Å². The molecule has 4 aromatic rings. The standard InChI is InChI=1S/C42H50N12O8/c1-25-3-2-4-32(48-25)39(57)50-28-19-29(20-28)53-24-47-36-37(45-23-46-38(36)53)49-26-9-12-52(13-10-26)14-16-62-18-17-61-15-11-43-35(56)22-44-27-5-6-30-31(21-27)42(60)54(41(30)59)33-7-8-34(55)51-40(33)58/h2-6,21,23-24,26,28-29,33,44H,7-20,22H2,1H3,(H,43,56)(H,50,57)(H,45,46,49)(H,51,55,58). The number of likely N-dealkylation sites (tertiary alicyclic amines) is 1. The maximum atomic E-state index is 13.0. The second-order valence-corrected chi connectivity index (χ2v) is 15.9. The summed E-state index contributed by atoms with van der Waals surface area (Å²) >= 11 is 0. The molecule has 8 rings (SSSR count). The summed E-state index contributed by atoms with van der Waals surface area (Å²) in [5.74, 6) is -2.01. The molecule has 5 N–H and O–H groups in total. The number of piperidine rings is 2. The van der Waals surface area contributed by atoms with E-state index in [2.05, 4.69) is 56.0 Å². The SMILES string of the molecule is Cc1cccc(C(=O)NC2CC(n3cnc4c(NC5CCN(CCOCCOCCNC(=O)CNc6ccc7c(c6)C(=O)N(C6CCC(=O)NC6=O)C7=O)CC5)ncnc43)C2)n1. The molecular formula is C42H50N12O8. The van der Waals surface area contributed by atoms with Gasteiger partial charge in [0.05, 0.1) is 50.4 Å². The van der Waals surface area contributed by atoms with Crippen molar-refractivity contribution in [3.63, 3.8) is 0 Å². The number of hydrogen-bond donors (Lipinski definition) is 5. The average Bonchev–Trinajstić information content (AvgIpc) is 3.79. The number of carbonyl (C=O) groups excluding carboxylic acids is 6. The lowest BCUT2D eigenvalue weighted by atomic mass is 9.86. The summed E-state index contributed by atoms with van der Waals surface area (Å²) in [7, 11) is 0. The summed E-state index contributed by atoms with van der Waals surface area (Å²) in [6.45, 7) is 6.50. The molecule has 3 aromatic heterocycles. The van der Waals surface area contributed by atoms with Crippen LogP contribution < -0.4 is 26.6 Å². The van der Waals surface area contributed by atoms with E-state index in [1.807, 2.05) is 25.4 Å². The van der Waals surface area contributed by atoms with Crippen LogP contribution in [0.4, 0.5) is 11.5 Å². The monoisotopic (exact) mass is 850 g/mol. The van der Waals surface area contributed by atoms with Crippen LogP contribution in [-0.2, 0) is 23.9 Å². The summed E-state index contributed by atoms with van der Waals surface area (Å²) < 4.78 is 13.5. The largest absolute Gasteiger partial charge is 0.378 e. The molecule has 1 saturated carbocycles. The maximum Gasteiger partial charge on any atom is 0.270 e. The van der Waals surface area contributed by atoms with Crippen molar-refractivity contribution in [2.75, 3.05) is 69.8 Å². The van der Waals surface area contributed by atoms with Gasteiger partial charge in [0.1, 0.15) is 23.6 Å². The van der Waals surface area contributed by atoms with Crippen molar-refractivity contribution in [2.45, 2.75) is 69.6 Å². The lowest BCUT2D eigenvalue weighted by Crippen LogP contribution is -2.54. The number of amides is 6. The lowest BCUT2D eigenvalue weighted by Gasteiger charge is -2.36. The van der Waals surface area contributed by atoms with Crippen molar-refractivity contribution in [3.8, 4) is 0 Å². The van der Waals surface area contributed by atoms with Gasteiger partial charge in [-0.05, 0) is 69.4 Å². The van der Waals surface area contributed by atoms with Crippen LogP contribution in [-0.4, -0.2) is 147 Å². The first-order valence-corrected chi connectivity index (χ1v) is 21.0. The predicted octanol–water partition coefficient (Wildman–Crippen LogP) is 1.20. The molecule has 2 saturated heterocycles. The Labute approximate surface area is 356 Å². The average molecular weight is 851 g/mol. The van der Waals surface area contributed by atoms with Gasteiger partial charge in [-0.25, -0.2) is 19.9 Å². The number of rotatable bonds is 18. The van der Waals surface area contributed by atoms with E-state index >= 15 is 0 Å². The number of fused-ring (bicyclic) bond motifs is 2. The number of ether oxygens (including phenoxy) is 2. The first-order chi connectivity index (χ1) is 30.1. The summed E-state index contributed by atoms with van der Waals surface area (Å²) in [6, 6.07) is 9.47. The topological polar surface area (TPSA) is 244 Å². The maximum absolute atomic E-state index is 13.0. The third-order valence-corrected chi connectivity index (χ3v) is 11.6. The highest BCUT2D eigenvalue weighted by molar-refractivity contribution is 6.23. The van der Waals surface area contributed by atoms with Gasteiger partial charge in [0.25, 0.3) is 17.7 Å². The van der Waals surface area contributed by atoms with Crippen LogP contribution in [0.25, 0.3) is 11.2 Å². The number of nitrogens with one attached hydrogen (secondary N) is 5. The Morgan fingerprint density at radius 1 is 0.887 bits per heavy atom. The van der Waals surface area contributed by atoms with E-state index in [0.29, 0.717) is 44.4 Å². The van der Waals surface area contributed by atoms with Gasteiger partial charge in [-0.3, -0.25) is 39.0 Å². The zero-order chi connectivity index (χ0) is 43.2. The molecule has 1 aromatic carbocycles. The number of aromatic nitrogens is 5. The number of nitrogens with zero attached hydrogens (tertiary/aromatic N) is 7. The molecule has 3 aliphatic heterocycles. The first kappa shape index (κ1) is 42.3. The molecule has 326 valence electrons. The molecule has 3 fully saturated rings. The lowest BCUT2D eigenvalue weighted by molar-refractivity contribution is -0.136. The number of hydrogen-bond acceptors (Lipinski definition) is 15. The fourth-order valence-corrected chi connectivity index (χ4v) is 8.18.